The smallest absolute Gasteiger partial charge is 0.415 e. The van der Waals surface area contributed by atoms with E-state index < -0.39 is 26.8 Å². The van der Waals surface area contributed by atoms with Gasteiger partial charge in [-0.2, -0.15) is 0 Å². The van der Waals surface area contributed by atoms with Crippen molar-refractivity contribution in [1.82, 2.24) is 0 Å². The normalized spacial score (nSPS) is 23.3. The van der Waals surface area contributed by atoms with E-state index >= 15 is 0 Å². The number of carbonyl (C=O) groups is 1. The zero-order valence-electron chi connectivity index (χ0n) is 23.2. The first kappa shape index (κ1) is 27.4. The van der Waals surface area contributed by atoms with Gasteiger partial charge in [-0.1, -0.05) is 81.4 Å². The number of nitrogens with zero attached hydrogens (tertiary/aromatic N) is 1. The molecule has 5 rings (SSSR count). The highest BCUT2D eigenvalue weighted by Gasteiger charge is 2.54. The van der Waals surface area contributed by atoms with Gasteiger partial charge in [-0.15, -0.1) is 0 Å². The summed E-state index contributed by atoms with van der Waals surface area (Å²) < 4.78 is 30.2. The molecule has 1 amide bonds. The van der Waals surface area contributed by atoms with Crippen LogP contribution in [0.3, 0.4) is 0 Å². The number of fused-ring (bicyclic) bond motifs is 1. The second-order valence-electron chi connectivity index (χ2n) is 11.1. The molecule has 2 fully saturated rings. The van der Waals surface area contributed by atoms with E-state index in [-0.39, 0.29) is 17.2 Å². The molecule has 7 nitrogen and oxygen atoms in total. The topological polar surface area (TPSA) is 66.5 Å². The summed E-state index contributed by atoms with van der Waals surface area (Å²) in [6, 6.07) is 28.2. The minimum atomic E-state index is -2.75. The maximum Gasteiger partial charge on any atom is 0.415 e. The lowest BCUT2D eigenvalue weighted by atomic mass is 9.98. The summed E-state index contributed by atoms with van der Waals surface area (Å²) in [5.41, 5.74) is 0.747. The quantitative estimate of drug-likeness (QED) is 0.380. The molecule has 2 heterocycles. The molecule has 2 saturated heterocycles. The Morgan fingerprint density at radius 3 is 2.00 bits per heavy atom. The van der Waals surface area contributed by atoms with Gasteiger partial charge in [0.2, 0.25) is 0 Å². The van der Waals surface area contributed by atoms with Crippen LogP contribution in [0, 0.1) is 0 Å². The molecule has 0 N–H and O–H groups in total. The monoisotopic (exact) mass is 547 g/mol. The van der Waals surface area contributed by atoms with E-state index in [0.29, 0.717) is 13.0 Å². The Morgan fingerprint density at radius 2 is 1.49 bits per heavy atom. The SMILES string of the molecule is COc1ccc(N2C(=O)O[C@H]3[C@H](OC)O[C@H](CO[Si](c4ccccc4)(c4ccccc4)C(C)(C)C)C[C@H]32)cc1. The molecule has 0 spiro atoms. The van der Waals surface area contributed by atoms with Crippen molar-refractivity contribution in [3.8, 4) is 5.75 Å². The van der Waals surface area contributed by atoms with Crippen LogP contribution < -0.4 is 20.0 Å². The predicted octanol–water partition coefficient (Wildman–Crippen LogP) is 4.73. The van der Waals surface area contributed by atoms with Gasteiger partial charge < -0.3 is 23.4 Å². The second kappa shape index (κ2) is 11.1. The minimum Gasteiger partial charge on any atom is -0.497 e. The van der Waals surface area contributed by atoms with E-state index in [1.165, 1.54) is 10.4 Å². The number of ether oxygens (including phenoxy) is 4. The Bertz CT molecular complexity index is 1210. The van der Waals surface area contributed by atoms with Crippen LogP contribution in [0.15, 0.2) is 84.9 Å². The van der Waals surface area contributed by atoms with Gasteiger partial charge in [0.25, 0.3) is 8.32 Å². The highest BCUT2D eigenvalue weighted by molar-refractivity contribution is 6.99. The minimum absolute atomic E-state index is 0.158. The summed E-state index contributed by atoms with van der Waals surface area (Å²) >= 11 is 0. The largest absolute Gasteiger partial charge is 0.497 e. The number of rotatable bonds is 8. The van der Waals surface area contributed by atoms with Crippen molar-refractivity contribution in [2.45, 2.75) is 56.8 Å². The fraction of sp³-hybridized carbons (Fsp3) is 0.387. The van der Waals surface area contributed by atoms with E-state index in [1.54, 1.807) is 19.1 Å². The predicted molar refractivity (Wildman–Crippen MR) is 153 cm³/mol. The summed E-state index contributed by atoms with van der Waals surface area (Å²) in [5.74, 6) is 0.723. The fourth-order valence-electron chi connectivity index (χ4n) is 5.92. The molecule has 0 unspecified atom stereocenters. The van der Waals surface area contributed by atoms with Crippen molar-refractivity contribution in [2.24, 2.45) is 0 Å². The van der Waals surface area contributed by atoms with Gasteiger partial charge in [0.1, 0.15) is 5.75 Å². The van der Waals surface area contributed by atoms with Crippen molar-refractivity contribution >= 4 is 30.5 Å². The summed E-state index contributed by atoms with van der Waals surface area (Å²) in [7, 11) is 0.448. The first-order valence-electron chi connectivity index (χ1n) is 13.4. The molecule has 2 aliphatic heterocycles. The molecule has 0 saturated carbocycles. The molecule has 8 heteroatoms. The number of benzene rings is 3. The highest BCUT2D eigenvalue weighted by Crippen LogP contribution is 2.39. The van der Waals surface area contributed by atoms with E-state index in [9.17, 15) is 4.79 Å². The van der Waals surface area contributed by atoms with Crippen LogP contribution in [-0.2, 0) is 18.6 Å². The second-order valence-corrected chi connectivity index (χ2v) is 15.4. The zero-order valence-corrected chi connectivity index (χ0v) is 24.2. The van der Waals surface area contributed by atoms with Gasteiger partial charge in [-0.05, 0) is 39.7 Å². The van der Waals surface area contributed by atoms with Gasteiger partial charge >= 0.3 is 6.09 Å². The van der Waals surface area contributed by atoms with Crippen molar-refractivity contribution < 1.29 is 28.2 Å². The molecule has 39 heavy (non-hydrogen) atoms. The fourth-order valence-corrected chi connectivity index (χ4v) is 10.5. The van der Waals surface area contributed by atoms with E-state index in [1.807, 2.05) is 36.4 Å². The zero-order chi connectivity index (χ0) is 27.6. The molecule has 3 aromatic carbocycles. The molecule has 0 aliphatic carbocycles. The molecule has 206 valence electrons. The van der Waals surface area contributed by atoms with Crippen molar-refractivity contribution in [3.05, 3.63) is 84.9 Å². The van der Waals surface area contributed by atoms with E-state index in [0.717, 1.165) is 11.4 Å². The average molecular weight is 548 g/mol. The van der Waals surface area contributed by atoms with E-state index in [4.69, 9.17) is 23.4 Å². The van der Waals surface area contributed by atoms with Crippen LogP contribution >= 0.6 is 0 Å². The lowest BCUT2D eigenvalue weighted by Crippen LogP contribution is -2.67. The number of amides is 1. The van der Waals surface area contributed by atoms with Crippen LogP contribution in [-0.4, -0.2) is 59.8 Å². The van der Waals surface area contributed by atoms with Gasteiger partial charge in [-0.25, -0.2) is 4.79 Å². The van der Waals surface area contributed by atoms with Crippen LogP contribution in [0.2, 0.25) is 5.04 Å². The summed E-state index contributed by atoms with van der Waals surface area (Å²) in [6.45, 7) is 7.12. The molecule has 3 aromatic rings. The van der Waals surface area contributed by atoms with Crippen molar-refractivity contribution in [1.29, 1.82) is 0 Å². The highest BCUT2D eigenvalue weighted by atomic mass is 28.4. The molecule has 4 atom stereocenters. The van der Waals surface area contributed by atoms with Crippen LogP contribution in [0.1, 0.15) is 27.2 Å². The van der Waals surface area contributed by atoms with Gasteiger partial charge in [0.05, 0.1) is 25.9 Å². The summed E-state index contributed by atoms with van der Waals surface area (Å²) in [4.78, 5) is 14.7. The van der Waals surface area contributed by atoms with Gasteiger partial charge in [-0.3, -0.25) is 4.90 Å². The van der Waals surface area contributed by atoms with Crippen molar-refractivity contribution in [3.63, 3.8) is 0 Å². The molecular formula is C31H37NO6Si. The first-order chi connectivity index (χ1) is 18.8. The standard InChI is InChI=1S/C31H37NO6Si/c1-31(2,3)39(25-12-8-6-9-13-25,26-14-10-7-11-15-26)36-21-24-20-27-28(29(35-5)37-24)38-30(33)32(27)22-16-18-23(34-4)19-17-22/h6-19,24,27-29H,20-21H2,1-5H3/t24-,27+,28+,29+/m0/s1. The Hall–Kier alpha value is -3.17. The molecule has 0 radical (unpaired) electrons. The van der Waals surface area contributed by atoms with Crippen LogP contribution in [0.25, 0.3) is 0 Å². The third-order valence-corrected chi connectivity index (χ3v) is 12.7. The number of hydrogen-bond donors (Lipinski definition) is 0. The third kappa shape index (κ3) is 5.09. The number of anilines is 1. The Labute approximate surface area is 231 Å². The van der Waals surface area contributed by atoms with Gasteiger partial charge in [0, 0.05) is 19.2 Å². The average Bonchev–Trinajstić information content (AvgIpc) is 3.29. The Balaban J connectivity index is 1.45. The maximum atomic E-state index is 13.0. The number of hydrogen-bond acceptors (Lipinski definition) is 6. The maximum absolute atomic E-state index is 13.0. The third-order valence-electron chi connectivity index (χ3n) is 7.73. The lowest BCUT2D eigenvalue weighted by molar-refractivity contribution is -0.229. The molecule has 0 bridgehead atoms. The number of methoxy groups -OCH3 is 2. The Kier molecular flexibility index (Phi) is 7.82. The lowest BCUT2D eigenvalue weighted by Gasteiger charge is -2.45. The molecular weight excluding hydrogens is 510 g/mol. The Morgan fingerprint density at radius 1 is 0.897 bits per heavy atom. The summed E-state index contributed by atoms with van der Waals surface area (Å²) in [5, 5.41) is 2.26. The summed E-state index contributed by atoms with van der Waals surface area (Å²) in [6.07, 6.45) is -1.37. The van der Waals surface area contributed by atoms with Gasteiger partial charge in [0.15, 0.2) is 12.4 Å². The molecule has 2 aliphatic rings. The molecule has 0 aromatic heterocycles. The first-order valence-corrected chi connectivity index (χ1v) is 15.3. The van der Waals surface area contributed by atoms with Crippen LogP contribution in [0.4, 0.5) is 10.5 Å². The van der Waals surface area contributed by atoms with Crippen LogP contribution in [0.5, 0.6) is 5.75 Å². The number of carbonyl (C=O) groups excluding carboxylic acids is 1. The van der Waals surface area contributed by atoms with E-state index in [2.05, 4.69) is 69.3 Å². The van der Waals surface area contributed by atoms with Crippen molar-refractivity contribution in [2.75, 3.05) is 25.7 Å².